The molecule has 0 fully saturated rings. The van der Waals surface area contributed by atoms with E-state index < -0.39 is 5.82 Å². The van der Waals surface area contributed by atoms with Gasteiger partial charge in [0.2, 0.25) is 0 Å². The van der Waals surface area contributed by atoms with Crippen molar-refractivity contribution in [2.75, 3.05) is 6.61 Å². The van der Waals surface area contributed by atoms with Crippen molar-refractivity contribution >= 4 is 5.84 Å². The van der Waals surface area contributed by atoms with Gasteiger partial charge >= 0.3 is 0 Å². The molecule has 0 aliphatic carbocycles. The number of hydrogen-bond donors (Lipinski definition) is 2. The Hall–Kier alpha value is -1.78. The molecule has 4 nitrogen and oxygen atoms in total. The summed E-state index contributed by atoms with van der Waals surface area (Å²) < 4.78 is 18.3. The van der Waals surface area contributed by atoms with Crippen LogP contribution in [0.4, 0.5) is 4.39 Å². The summed E-state index contributed by atoms with van der Waals surface area (Å²) in [7, 11) is 0. The monoisotopic (exact) mass is 198 g/mol. The van der Waals surface area contributed by atoms with Crippen molar-refractivity contribution in [2.24, 2.45) is 10.9 Å². The topological polar surface area (TPSA) is 67.8 Å². The van der Waals surface area contributed by atoms with E-state index in [1.54, 1.807) is 19.1 Å². The lowest BCUT2D eigenvalue weighted by molar-refractivity contribution is 0.303. The van der Waals surface area contributed by atoms with Crippen LogP contribution >= 0.6 is 0 Å². The van der Waals surface area contributed by atoms with Crippen molar-refractivity contribution in [2.45, 2.75) is 6.92 Å². The summed E-state index contributed by atoms with van der Waals surface area (Å²) in [6.07, 6.45) is 0. The Kier molecular flexibility index (Phi) is 3.28. The van der Waals surface area contributed by atoms with Crippen molar-refractivity contribution < 1.29 is 14.3 Å². The molecule has 0 radical (unpaired) electrons. The molecule has 0 saturated heterocycles. The normalized spacial score (nSPS) is 11.4. The maximum Gasteiger partial charge on any atom is 0.177 e. The highest BCUT2D eigenvalue weighted by molar-refractivity contribution is 5.81. The SMILES string of the molecule is Cc1cccc(OC/C(N)=N/O)c1F. The Morgan fingerprint density at radius 2 is 2.36 bits per heavy atom. The predicted octanol–water partition coefficient (Wildman–Crippen LogP) is 1.26. The van der Waals surface area contributed by atoms with E-state index in [0.717, 1.165) is 0 Å². The summed E-state index contributed by atoms with van der Waals surface area (Å²) in [6.45, 7) is 1.49. The maximum absolute atomic E-state index is 13.3. The molecule has 1 aromatic rings. The minimum atomic E-state index is -0.432. The molecule has 0 unspecified atom stereocenters. The summed E-state index contributed by atoms with van der Waals surface area (Å²) in [5.74, 6) is -0.444. The van der Waals surface area contributed by atoms with E-state index >= 15 is 0 Å². The summed E-state index contributed by atoms with van der Waals surface area (Å²) in [5.41, 5.74) is 5.65. The molecular weight excluding hydrogens is 187 g/mol. The zero-order chi connectivity index (χ0) is 10.6. The largest absolute Gasteiger partial charge is 0.482 e. The molecule has 3 N–H and O–H groups in total. The first-order valence-corrected chi connectivity index (χ1v) is 3.99. The molecule has 0 spiro atoms. The molecule has 0 aromatic heterocycles. The zero-order valence-electron chi connectivity index (χ0n) is 7.70. The molecule has 0 atom stereocenters. The quantitative estimate of drug-likeness (QED) is 0.332. The van der Waals surface area contributed by atoms with Gasteiger partial charge in [0.05, 0.1) is 0 Å². The van der Waals surface area contributed by atoms with E-state index in [0.29, 0.717) is 5.56 Å². The van der Waals surface area contributed by atoms with Gasteiger partial charge in [-0.05, 0) is 18.6 Å². The van der Waals surface area contributed by atoms with E-state index in [-0.39, 0.29) is 18.2 Å². The Bertz CT molecular complexity index is 353. The van der Waals surface area contributed by atoms with E-state index in [1.807, 2.05) is 0 Å². The second-order valence-electron chi connectivity index (χ2n) is 2.77. The smallest absolute Gasteiger partial charge is 0.177 e. The van der Waals surface area contributed by atoms with E-state index in [4.69, 9.17) is 15.7 Å². The van der Waals surface area contributed by atoms with Crippen molar-refractivity contribution in [3.8, 4) is 5.75 Å². The van der Waals surface area contributed by atoms with Crippen LogP contribution in [0.5, 0.6) is 5.75 Å². The first kappa shape index (κ1) is 10.3. The fraction of sp³-hybridized carbons (Fsp3) is 0.222. The fourth-order valence-electron chi connectivity index (χ4n) is 0.913. The maximum atomic E-state index is 13.3. The van der Waals surface area contributed by atoms with E-state index in [9.17, 15) is 4.39 Å². The molecule has 0 aliphatic rings. The van der Waals surface area contributed by atoms with Crippen molar-refractivity contribution in [3.05, 3.63) is 29.6 Å². The number of halogens is 1. The number of nitrogens with zero attached hydrogens (tertiary/aromatic N) is 1. The van der Waals surface area contributed by atoms with Gasteiger partial charge in [-0.1, -0.05) is 17.3 Å². The lowest BCUT2D eigenvalue weighted by Crippen LogP contribution is -2.21. The van der Waals surface area contributed by atoms with Gasteiger partial charge in [0.1, 0.15) is 6.61 Å². The predicted molar refractivity (Wildman–Crippen MR) is 50.0 cm³/mol. The molecular formula is C9H11FN2O2. The second-order valence-corrected chi connectivity index (χ2v) is 2.77. The van der Waals surface area contributed by atoms with Gasteiger partial charge in [0, 0.05) is 0 Å². The number of amidine groups is 1. The van der Waals surface area contributed by atoms with Gasteiger partial charge in [-0.25, -0.2) is 4.39 Å². The average molecular weight is 198 g/mol. The average Bonchev–Trinajstić information content (AvgIpc) is 2.20. The highest BCUT2D eigenvalue weighted by Crippen LogP contribution is 2.19. The number of hydrogen-bond acceptors (Lipinski definition) is 3. The third-order valence-electron chi connectivity index (χ3n) is 1.66. The lowest BCUT2D eigenvalue weighted by atomic mass is 10.2. The Balaban J connectivity index is 2.73. The summed E-state index contributed by atoms with van der Waals surface area (Å²) >= 11 is 0. The molecule has 5 heteroatoms. The van der Waals surface area contributed by atoms with Crippen LogP contribution in [0.2, 0.25) is 0 Å². The zero-order valence-corrected chi connectivity index (χ0v) is 7.70. The van der Waals surface area contributed by atoms with E-state index in [1.165, 1.54) is 6.07 Å². The van der Waals surface area contributed by atoms with Crippen LogP contribution in [0.15, 0.2) is 23.4 Å². The van der Waals surface area contributed by atoms with Gasteiger partial charge in [-0.15, -0.1) is 0 Å². The standard InChI is InChI=1S/C9H11FN2O2/c1-6-3-2-4-7(9(6)10)14-5-8(11)12-13/h2-4,13H,5H2,1H3,(H2,11,12). The van der Waals surface area contributed by atoms with Crippen LogP contribution in [0, 0.1) is 12.7 Å². The van der Waals surface area contributed by atoms with Gasteiger partial charge in [0.15, 0.2) is 17.4 Å². The van der Waals surface area contributed by atoms with Crippen LogP contribution in [0.25, 0.3) is 0 Å². The number of oxime groups is 1. The van der Waals surface area contributed by atoms with Crippen LogP contribution < -0.4 is 10.5 Å². The van der Waals surface area contributed by atoms with Crippen molar-refractivity contribution in [1.82, 2.24) is 0 Å². The van der Waals surface area contributed by atoms with Crippen LogP contribution in [0.3, 0.4) is 0 Å². The Morgan fingerprint density at radius 3 is 3.00 bits per heavy atom. The number of benzene rings is 1. The molecule has 76 valence electrons. The molecule has 0 bridgehead atoms. The Labute approximate surface area is 80.8 Å². The number of rotatable bonds is 3. The van der Waals surface area contributed by atoms with Crippen molar-refractivity contribution in [1.29, 1.82) is 0 Å². The van der Waals surface area contributed by atoms with Gasteiger partial charge in [-0.3, -0.25) is 0 Å². The fourth-order valence-corrected chi connectivity index (χ4v) is 0.913. The lowest BCUT2D eigenvalue weighted by Gasteiger charge is -2.06. The molecule has 14 heavy (non-hydrogen) atoms. The number of aryl methyl sites for hydroxylation is 1. The summed E-state index contributed by atoms with van der Waals surface area (Å²) in [5, 5.41) is 10.9. The number of nitrogens with two attached hydrogens (primary N) is 1. The first-order valence-electron chi connectivity index (χ1n) is 3.99. The Morgan fingerprint density at radius 1 is 1.64 bits per heavy atom. The summed E-state index contributed by atoms with van der Waals surface area (Å²) in [4.78, 5) is 0. The molecule has 0 saturated carbocycles. The van der Waals surface area contributed by atoms with Crippen LogP contribution in [0.1, 0.15) is 5.56 Å². The van der Waals surface area contributed by atoms with Crippen LogP contribution in [-0.4, -0.2) is 17.6 Å². The molecule has 0 amide bonds. The second kappa shape index (κ2) is 4.45. The highest BCUT2D eigenvalue weighted by Gasteiger charge is 2.05. The first-order chi connectivity index (χ1) is 6.65. The molecule has 0 heterocycles. The van der Waals surface area contributed by atoms with Gasteiger partial charge < -0.3 is 15.7 Å². The number of ether oxygens (including phenoxy) is 1. The summed E-state index contributed by atoms with van der Waals surface area (Å²) in [6, 6.07) is 4.78. The van der Waals surface area contributed by atoms with Gasteiger partial charge in [-0.2, -0.15) is 0 Å². The molecule has 1 rings (SSSR count). The van der Waals surface area contributed by atoms with E-state index in [2.05, 4.69) is 5.16 Å². The molecule has 0 aliphatic heterocycles. The van der Waals surface area contributed by atoms with Gasteiger partial charge in [0.25, 0.3) is 0 Å². The van der Waals surface area contributed by atoms with Crippen molar-refractivity contribution in [3.63, 3.8) is 0 Å². The third kappa shape index (κ3) is 2.35. The minimum Gasteiger partial charge on any atom is -0.482 e. The van der Waals surface area contributed by atoms with Crippen LogP contribution in [-0.2, 0) is 0 Å². The minimum absolute atomic E-state index is 0.0941. The highest BCUT2D eigenvalue weighted by atomic mass is 19.1. The molecule has 1 aromatic carbocycles. The third-order valence-corrected chi connectivity index (χ3v) is 1.66.